The number of fused-ring (bicyclic) bond motifs is 1. The standard InChI is InChI=1S/C20H27N9O/c1-15-9-19(29-20(25-15)23-14-24-29)27-7-5-26(6-8-27)17-10-18(22-13-21-17)28-4-2-3-16(11-28)12-30/h9-10,13-14,16,30H,2-8,11-12H2,1H3. The van der Waals surface area contributed by atoms with Crippen molar-refractivity contribution in [2.75, 3.05) is 60.6 Å². The van der Waals surface area contributed by atoms with Crippen molar-refractivity contribution in [2.24, 2.45) is 5.92 Å². The number of hydrogen-bond donors (Lipinski definition) is 1. The highest BCUT2D eigenvalue weighted by Gasteiger charge is 2.24. The first kappa shape index (κ1) is 19.0. The molecule has 0 aromatic carbocycles. The molecule has 5 rings (SSSR count). The monoisotopic (exact) mass is 409 g/mol. The molecule has 30 heavy (non-hydrogen) atoms. The summed E-state index contributed by atoms with van der Waals surface area (Å²) in [6.45, 7) is 7.54. The first-order valence-corrected chi connectivity index (χ1v) is 10.6. The molecule has 2 saturated heterocycles. The van der Waals surface area contributed by atoms with Crippen LogP contribution in [0.25, 0.3) is 5.78 Å². The topological polar surface area (TPSA) is 98.8 Å². The van der Waals surface area contributed by atoms with E-state index in [-0.39, 0.29) is 6.61 Å². The van der Waals surface area contributed by atoms with Crippen LogP contribution in [0.3, 0.4) is 0 Å². The third kappa shape index (κ3) is 3.62. The fraction of sp³-hybridized carbons (Fsp3) is 0.550. The molecule has 0 amide bonds. The number of rotatable bonds is 4. The fourth-order valence-corrected chi connectivity index (χ4v) is 4.41. The molecular weight excluding hydrogens is 382 g/mol. The molecule has 0 spiro atoms. The summed E-state index contributed by atoms with van der Waals surface area (Å²) in [5, 5.41) is 13.8. The molecule has 3 aromatic heterocycles. The first-order valence-electron chi connectivity index (χ1n) is 10.6. The molecular formula is C20H27N9O. The van der Waals surface area contributed by atoms with E-state index in [1.54, 1.807) is 17.2 Å². The van der Waals surface area contributed by atoms with E-state index in [1.807, 2.05) is 6.92 Å². The second-order valence-electron chi connectivity index (χ2n) is 8.07. The third-order valence-electron chi connectivity index (χ3n) is 6.03. The van der Waals surface area contributed by atoms with Crippen molar-refractivity contribution >= 4 is 23.2 Å². The number of nitrogens with zero attached hydrogens (tertiary/aromatic N) is 9. The zero-order chi connectivity index (χ0) is 20.5. The number of hydrogen-bond acceptors (Lipinski definition) is 9. The van der Waals surface area contributed by atoms with E-state index in [2.05, 4.69) is 51.9 Å². The van der Waals surface area contributed by atoms with Crippen molar-refractivity contribution in [3.8, 4) is 0 Å². The van der Waals surface area contributed by atoms with E-state index < -0.39 is 0 Å². The minimum absolute atomic E-state index is 0.240. The van der Waals surface area contributed by atoms with Crippen LogP contribution in [-0.2, 0) is 0 Å². The van der Waals surface area contributed by atoms with Gasteiger partial charge in [0, 0.05) is 63.7 Å². The summed E-state index contributed by atoms with van der Waals surface area (Å²) < 4.78 is 1.80. The lowest BCUT2D eigenvalue weighted by Crippen LogP contribution is -2.47. The number of aliphatic hydroxyl groups is 1. The minimum atomic E-state index is 0.240. The average molecular weight is 409 g/mol. The lowest BCUT2D eigenvalue weighted by molar-refractivity contribution is 0.208. The predicted octanol–water partition coefficient (Wildman–Crippen LogP) is 0.758. The molecule has 0 aliphatic carbocycles. The van der Waals surface area contributed by atoms with Crippen LogP contribution in [0.1, 0.15) is 18.5 Å². The Morgan fingerprint density at radius 2 is 1.70 bits per heavy atom. The van der Waals surface area contributed by atoms with Gasteiger partial charge in [-0.15, -0.1) is 0 Å². The van der Waals surface area contributed by atoms with Crippen LogP contribution in [-0.4, -0.2) is 80.5 Å². The Labute approximate surface area is 175 Å². The second kappa shape index (κ2) is 8.02. The SMILES string of the molecule is Cc1cc(N2CCN(c3cc(N4CCCC(CO)C4)ncn3)CC2)n2ncnc2n1. The molecule has 3 aromatic rings. The molecule has 1 unspecified atom stereocenters. The molecule has 10 nitrogen and oxygen atoms in total. The van der Waals surface area contributed by atoms with Crippen LogP contribution < -0.4 is 14.7 Å². The first-order chi connectivity index (χ1) is 14.7. The normalized spacial score (nSPS) is 20.2. The number of anilines is 3. The zero-order valence-corrected chi connectivity index (χ0v) is 17.2. The van der Waals surface area contributed by atoms with Gasteiger partial charge in [-0.05, 0) is 25.7 Å². The Morgan fingerprint density at radius 3 is 2.50 bits per heavy atom. The lowest BCUT2D eigenvalue weighted by atomic mass is 9.99. The van der Waals surface area contributed by atoms with Gasteiger partial charge in [0.2, 0.25) is 0 Å². The maximum Gasteiger partial charge on any atom is 0.254 e. The van der Waals surface area contributed by atoms with Crippen LogP contribution in [0.4, 0.5) is 17.5 Å². The van der Waals surface area contributed by atoms with Crippen LogP contribution in [0.2, 0.25) is 0 Å². The van der Waals surface area contributed by atoms with Crippen molar-refractivity contribution in [3.05, 3.63) is 30.5 Å². The molecule has 1 N–H and O–H groups in total. The predicted molar refractivity (Wildman–Crippen MR) is 114 cm³/mol. The van der Waals surface area contributed by atoms with E-state index in [9.17, 15) is 5.11 Å². The summed E-state index contributed by atoms with van der Waals surface area (Å²) in [6, 6.07) is 4.15. The van der Waals surface area contributed by atoms with Gasteiger partial charge in [0.15, 0.2) is 0 Å². The van der Waals surface area contributed by atoms with E-state index in [1.165, 1.54) is 0 Å². The van der Waals surface area contributed by atoms with Crippen LogP contribution in [0.15, 0.2) is 24.8 Å². The van der Waals surface area contributed by atoms with Gasteiger partial charge < -0.3 is 19.8 Å². The highest BCUT2D eigenvalue weighted by atomic mass is 16.3. The average Bonchev–Trinajstić information content (AvgIpc) is 3.27. The summed E-state index contributed by atoms with van der Waals surface area (Å²) in [5.74, 6) is 3.91. The molecule has 0 radical (unpaired) electrons. The van der Waals surface area contributed by atoms with Crippen molar-refractivity contribution in [3.63, 3.8) is 0 Å². The van der Waals surface area contributed by atoms with Crippen molar-refractivity contribution in [1.29, 1.82) is 0 Å². The van der Waals surface area contributed by atoms with Crippen molar-refractivity contribution in [2.45, 2.75) is 19.8 Å². The quantitative estimate of drug-likeness (QED) is 0.669. The number of piperidine rings is 1. The Bertz CT molecular complexity index is 1010. The third-order valence-corrected chi connectivity index (χ3v) is 6.03. The van der Waals surface area contributed by atoms with Crippen LogP contribution in [0.5, 0.6) is 0 Å². The molecule has 158 valence electrons. The smallest absolute Gasteiger partial charge is 0.254 e. The van der Waals surface area contributed by atoms with Crippen molar-refractivity contribution in [1.82, 2.24) is 29.5 Å². The van der Waals surface area contributed by atoms with Crippen LogP contribution in [0, 0.1) is 12.8 Å². The minimum Gasteiger partial charge on any atom is -0.396 e. The fourth-order valence-electron chi connectivity index (χ4n) is 4.41. The van der Waals surface area contributed by atoms with E-state index in [4.69, 9.17) is 0 Å². The van der Waals surface area contributed by atoms with Gasteiger partial charge in [-0.3, -0.25) is 0 Å². The van der Waals surface area contributed by atoms with E-state index in [0.29, 0.717) is 11.7 Å². The Kier molecular flexibility index (Phi) is 5.07. The number of piperazine rings is 1. The highest BCUT2D eigenvalue weighted by molar-refractivity contribution is 5.53. The molecule has 0 bridgehead atoms. The molecule has 2 aliphatic heterocycles. The molecule has 0 saturated carbocycles. The summed E-state index contributed by atoms with van der Waals surface area (Å²) in [6.07, 6.45) is 5.38. The number of aromatic nitrogens is 6. The van der Waals surface area contributed by atoms with Gasteiger partial charge in [0.1, 0.15) is 30.1 Å². The van der Waals surface area contributed by atoms with Gasteiger partial charge in [-0.1, -0.05) is 0 Å². The van der Waals surface area contributed by atoms with E-state index >= 15 is 0 Å². The molecule has 5 heterocycles. The summed E-state index contributed by atoms with van der Waals surface area (Å²) in [4.78, 5) is 24.6. The molecule has 1 atom stereocenters. The number of aliphatic hydroxyl groups excluding tert-OH is 1. The van der Waals surface area contributed by atoms with Crippen molar-refractivity contribution < 1.29 is 5.11 Å². The lowest BCUT2D eigenvalue weighted by Gasteiger charge is -2.37. The second-order valence-corrected chi connectivity index (χ2v) is 8.07. The molecule has 2 aliphatic rings. The van der Waals surface area contributed by atoms with Gasteiger partial charge in [0.25, 0.3) is 5.78 Å². The summed E-state index contributed by atoms with van der Waals surface area (Å²) in [5.41, 5.74) is 0.941. The summed E-state index contributed by atoms with van der Waals surface area (Å²) in [7, 11) is 0. The largest absolute Gasteiger partial charge is 0.396 e. The number of aryl methyl sites for hydroxylation is 1. The van der Waals surface area contributed by atoms with E-state index in [0.717, 1.165) is 75.3 Å². The Hall–Kier alpha value is -3.01. The highest BCUT2D eigenvalue weighted by Crippen LogP contribution is 2.25. The maximum absolute atomic E-state index is 9.52. The van der Waals surface area contributed by atoms with Gasteiger partial charge >= 0.3 is 0 Å². The Morgan fingerprint density at radius 1 is 0.933 bits per heavy atom. The zero-order valence-electron chi connectivity index (χ0n) is 17.2. The van der Waals surface area contributed by atoms with Crippen LogP contribution >= 0.6 is 0 Å². The molecule has 2 fully saturated rings. The summed E-state index contributed by atoms with van der Waals surface area (Å²) >= 11 is 0. The molecule has 10 heteroatoms. The van der Waals surface area contributed by atoms with Gasteiger partial charge in [-0.25, -0.2) is 15.0 Å². The Balaban J connectivity index is 1.29. The van der Waals surface area contributed by atoms with Gasteiger partial charge in [-0.2, -0.15) is 14.6 Å². The maximum atomic E-state index is 9.52. The van der Waals surface area contributed by atoms with Gasteiger partial charge in [0.05, 0.1) is 0 Å².